The minimum absolute atomic E-state index is 0.000509. The van der Waals surface area contributed by atoms with Crippen molar-refractivity contribution >= 4 is 5.91 Å². The second-order valence-electron chi connectivity index (χ2n) is 4.87. The lowest BCUT2D eigenvalue weighted by Gasteiger charge is -2.27. The highest BCUT2D eigenvalue weighted by Crippen LogP contribution is 2.15. The zero-order chi connectivity index (χ0) is 15.8. The van der Waals surface area contributed by atoms with Gasteiger partial charge in [0, 0.05) is 24.8 Å². The fourth-order valence-corrected chi connectivity index (χ4v) is 1.94. The molecule has 0 heterocycles. The molecule has 4 nitrogen and oxygen atoms in total. The Kier molecular flexibility index (Phi) is 6.86. The first kappa shape index (κ1) is 17.2. The van der Waals surface area contributed by atoms with Crippen molar-refractivity contribution in [1.29, 1.82) is 0 Å². The van der Waals surface area contributed by atoms with Crippen molar-refractivity contribution in [2.45, 2.75) is 26.3 Å². The second kappa shape index (κ2) is 8.40. The number of hydrogen-bond acceptors (Lipinski definition) is 3. The largest absolute Gasteiger partial charge is 0.396 e. The first-order valence-electron chi connectivity index (χ1n) is 6.91. The van der Waals surface area contributed by atoms with Crippen LogP contribution in [0.15, 0.2) is 18.2 Å². The summed E-state index contributed by atoms with van der Waals surface area (Å²) in [6, 6.07) is 3.89. The van der Waals surface area contributed by atoms with Gasteiger partial charge in [0.05, 0.1) is 12.1 Å². The van der Waals surface area contributed by atoms with E-state index in [-0.39, 0.29) is 30.7 Å². The van der Waals surface area contributed by atoms with Gasteiger partial charge in [0.15, 0.2) is 0 Å². The zero-order valence-electron chi connectivity index (χ0n) is 12.4. The van der Waals surface area contributed by atoms with Crippen LogP contribution < -0.4 is 5.73 Å². The molecule has 0 saturated carbocycles. The Balaban J connectivity index is 3.16. The number of amides is 1. The van der Waals surface area contributed by atoms with E-state index in [1.54, 1.807) is 4.90 Å². The Bertz CT molecular complexity index is 547. The molecule has 0 atom stereocenters. The van der Waals surface area contributed by atoms with Crippen LogP contribution in [-0.2, 0) is 0 Å². The van der Waals surface area contributed by atoms with Gasteiger partial charge in [-0.1, -0.05) is 11.8 Å². The van der Waals surface area contributed by atoms with Crippen molar-refractivity contribution in [3.63, 3.8) is 0 Å². The molecule has 0 aliphatic heterocycles. The molecule has 21 heavy (non-hydrogen) atoms. The summed E-state index contributed by atoms with van der Waals surface area (Å²) in [5.74, 6) is 4.69. The highest BCUT2D eigenvalue weighted by Gasteiger charge is 2.21. The van der Waals surface area contributed by atoms with E-state index in [0.717, 1.165) is 0 Å². The van der Waals surface area contributed by atoms with Gasteiger partial charge in [-0.05, 0) is 38.5 Å². The third-order valence-corrected chi connectivity index (χ3v) is 2.98. The fourth-order valence-electron chi connectivity index (χ4n) is 1.94. The van der Waals surface area contributed by atoms with Gasteiger partial charge >= 0.3 is 0 Å². The SMILES string of the molecule is CC(C)N(CCCO)C(=O)c1cc(F)ccc1C#CCN. The average molecular weight is 292 g/mol. The predicted octanol–water partition coefficient (Wildman–Crippen LogP) is 1.37. The first-order chi connectivity index (χ1) is 10.0. The normalized spacial score (nSPS) is 10.2. The standard InChI is InChI=1S/C16H21FN2O2/c1-12(2)19(9-4-10-20)16(21)15-11-14(17)7-6-13(15)5-3-8-18/h6-7,11-12,20H,4,8-10,18H2,1-2H3. The molecule has 0 aliphatic carbocycles. The molecule has 3 N–H and O–H groups in total. The number of aliphatic hydroxyl groups excluding tert-OH is 1. The zero-order valence-corrected chi connectivity index (χ0v) is 12.4. The summed E-state index contributed by atoms with van der Waals surface area (Å²) < 4.78 is 13.5. The Labute approximate surface area is 124 Å². The fraction of sp³-hybridized carbons (Fsp3) is 0.438. The lowest BCUT2D eigenvalue weighted by Crippen LogP contribution is -2.38. The molecule has 0 fully saturated rings. The van der Waals surface area contributed by atoms with E-state index < -0.39 is 5.82 Å². The number of halogens is 1. The lowest BCUT2D eigenvalue weighted by molar-refractivity contribution is 0.0692. The number of benzene rings is 1. The summed E-state index contributed by atoms with van der Waals surface area (Å²) >= 11 is 0. The van der Waals surface area contributed by atoms with Crippen LogP contribution in [0.25, 0.3) is 0 Å². The quantitative estimate of drug-likeness (QED) is 0.806. The number of aliphatic hydroxyl groups is 1. The van der Waals surface area contributed by atoms with Crippen LogP contribution in [0.5, 0.6) is 0 Å². The van der Waals surface area contributed by atoms with Crippen molar-refractivity contribution in [3.05, 3.63) is 35.1 Å². The summed E-state index contributed by atoms with van der Waals surface area (Å²) in [6.45, 7) is 4.33. The molecule has 0 saturated heterocycles. The van der Waals surface area contributed by atoms with Crippen molar-refractivity contribution < 1.29 is 14.3 Å². The summed E-state index contributed by atoms with van der Waals surface area (Å²) in [5, 5.41) is 8.93. The van der Waals surface area contributed by atoms with E-state index in [0.29, 0.717) is 18.5 Å². The molecule has 0 bridgehead atoms. The third-order valence-electron chi connectivity index (χ3n) is 2.98. The molecule has 0 spiro atoms. The molecular formula is C16H21FN2O2. The van der Waals surface area contributed by atoms with Gasteiger partial charge in [-0.25, -0.2) is 4.39 Å². The molecule has 0 unspecified atom stereocenters. The molecule has 1 amide bonds. The first-order valence-corrected chi connectivity index (χ1v) is 6.91. The van der Waals surface area contributed by atoms with Crippen LogP contribution in [0.1, 0.15) is 36.2 Å². The lowest BCUT2D eigenvalue weighted by atomic mass is 10.1. The molecular weight excluding hydrogens is 271 g/mol. The number of nitrogens with two attached hydrogens (primary N) is 1. The van der Waals surface area contributed by atoms with E-state index in [1.807, 2.05) is 13.8 Å². The molecule has 1 aromatic carbocycles. The number of rotatable bonds is 5. The van der Waals surface area contributed by atoms with Gasteiger partial charge in [-0.3, -0.25) is 4.79 Å². The van der Waals surface area contributed by atoms with E-state index in [9.17, 15) is 9.18 Å². The summed E-state index contributed by atoms with van der Waals surface area (Å²) in [5.41, 5.74) is 6.02. The smallest absolute Gasteiger partial charge is 0.255 e. The molecule has 1 aromatic rings. The minimum Gasteiger partial charge on any atom is -0.396 e. The summed E-state index contributed by atoms with van der Waals surface area (Å²) in [4.78, 5) is 14.2. The Morgan fingerprint density at radius 3 is 2.76 bits per heavy atom. The third kappa shape index (κ3) is 4.85. The van der Waals surface area contributed by atoms with Gasteiger partial charge in [-0.15, -0.1) is 0 Å². The van der Waals surface area contributed by atoms with Gasteiger partial charge in [-0.2, -0.15) is 0 Å². The van der Waals surface area contributed by atoms with Crippen LogP contribution in [-0.4, -0.2) is 41.7 Å². The highest BCUT2D eigenvalue weighted by molar-refractivity contribution is 5.97. The summed E-state index contributed by atoms with van der Waals surface area (Å²) in [6.07, 6.45) is 0.475. The second-order valence-corrected chi connectivity index (χ2v) is 4.87. The van der Waals surface area contributed by atoms with Gasteiger partial charge in [0.2, 0.25) is 0 Å². The maximum Gasteiger partial charge on any atom is 0.255 e. The molecule has 114 valence electrons. The van der Waals surface area contributed by atoms with Crippen LogP contribution in [0, 0.1) is 17.7 Å². The predicted molar refractivity (Wildman–Crippen MR) is 80.2 cm³/mol. The van der Waals surface area contributed by atoms with E-state index >= 15 is 0 Å². The van der Waals surface area contributed by atoms with Crippen molar-refractivity contribution in [1.82, 2.24) is 4.90 Å². The molecule has 1 rings (SSSR count). The summed E-state index contributed by atoms with van der Waals surface area (Å²) in [7, 11) is 0. The van der Waals surface area contributed by atoms with Crippen LogP contribution in [0.3, 0.4) is 0 Å². The average Bonchev–Trinajstić information content (AvgIpc) is 2.45. The topological polar surface area (TPSA) is 66.6 Å². The maximum atomic E-state index is 13.5. The van der Waals surface area contributed by atoms with Gasteiger partial charge in [0.25, 0.3) is 5.91 Å². The number of hydrogen-bond donors (Lipinski definition) is 2. The number of carbonyl (C=O) groups excluding carboxylic acids is 1. The van der Waals surface area contributed by atoms with Gasteiger partial charge < -0.3 is 15.7 Å². The van der Waals surface area contributed by atoms with Crippen molar-refractivity contribution in [2.75, 3.05) is 19.7 Å². The number of nitrogens with zero attached hydrogens (tertiary/aromatic N) is 1. The number of carbonyl (C=O) groups is 1. The monoisotopic (exact) mass is 292 g/mol. The molecule has 5 heteroatoms. The van der Waals surface area contributed by atoms with E-state index in [2.05, 4.69) is 11.8 Å². The Hall–Kier alpha value is -1.90. The Morgan fingerprint density at radius 1 is 1.48 bits per heavy atom. The maximum absolute atomic E-state index is 13.5. The molecule has 0 radical (unpaired) electrons. The van der Waals surface area contributed by atoms with Crippen LogP contribution in [0.4, 0.5) is 4.39 Å². The van der Waals surface area contributed by atoms with E-state index in [1.165, 1.54) is 18.2 Å². The van der Waals surface area contributed by atoms with E-state index in [4.69, 9.17) is 10.8 Å². The van der Waals surface area contributed by atoms with Crippen LogP contribution >= 0.6 is 0 Å². The van der Waals surface area contributed by atoms with Crippen molar-refractivity contribution in [2.24, 2.45) is 5.73 Å². The Morgan fingerprint density at radius 2 is 2.19 bits per heavy atom. The molecule has 0 aliphatic rings. The minimum atomic E-state index is -0.484. The molecule has 0 aromatic heterocycles. The van der Waals surface area contributed by atoms with Crippen LogP contribution in [0.2, 0.25) is 0 Å². The highest BCUT2D eigenvalue weighted by atomic mass is 19.1. The van der Waals surface area contributed by atoms with Crippen molar-refractivity contribution in [3.8, 4) is 11.8 Å². The van der Waals surface area contributed by atoms with Gasteiger partial charge in [0.1, 0.15) is 5.82 Å².